The van der Waals surface area contributed by atoms with Gasteiger partial charge < -0.3 is 5.32 Å². The second kappa shape index (κ2) is 9.34. The molecule has 1 aromatic carbocycles. The summed E-state index contributed by atoms with van der Waals surface area (Å²) in [5, 5.41) is 14.0. The zero-order chi connectivity index (χ0) is 21.7. The normalized spacial score (nSPS) is 11.3. The van der Waals surface area contributed by atoms with Crippen LogP contribution in [0.2, 0.25) is 0 Å². The Labute approximate surface area is 173 Å². The summed E-state index contributed by atoms with van der Waals surface area (Å²) in [6.45, 7) is 8.51. The van der Waals surface area contributed by atoms with Gasteiger partial charge in [-0.1, -0.05) is 29.5 Å². The first-order valence-electron chi connectivity index (χ1n) is 8.90. The lowest BCUT2D eigenvalue weighted by atomic mass is 10.1. The van der Waals surface area contributed by atoms with E-state index in [4.69, 9.17) is 0 Å². The second-order valence-corrected chi connectivity index (χ2v) is 7.99. The summed E-state index contributed by atoms with van der Waals surface area (Å²) in [5.74, 6) is -0.701. The number of urea groups is 1. The van der Waals surface area contributed by atoms with Crippen LogP contribution in [0, 0.1) is 32.1 Å². The number of hydrogen-bond donors (Lipinski definition) is 2. The molecule has 2 aromatic rings. The van der Waals surface area contributed by atoms with E-state index in [2.05, 4.69) is 15.6 Å². The number of carbonyl (C=O) groups excluding carboxylic acids is 3. The Hall–Kier alpha value is -3.18. The van der Waals surface area contributed by atoms with E-state index in [1.54, 1.807) is 19.9 Å². The molecule has 0 spiro atoms. The summed E-state index contributed by atoms with van der Waals surface area (Å²) in [6.07, 6.45) is 0. The molecule has 7 nitrogen and oxygen atoms in total. The lowest BCUT2D eigenvalue weighted by Crippen LogP contribution is -2.39. The number of benzene rings is 1. The molecule has 1 heterocycles. The summed E-state index contributed by atoms with van der Waals surface area (Å²) in [5.41, 5.74) is 3.64. The van der Waals surface area contributed by atoms with E-state index in [0.29, 0.717) is 22.0 Å². The molecule has 8 heteroatoms. The number of imide groups is 1. The van der Waals surface area contributed by atoms with Crippen LogP contribution in [0.3, 0.4) is 0 Å². The zero-order valence-corrected chi connectivity index (χ0v) is 17.7. The van der Waals surface area contributed by atoms with Crippen molar-refractivity contribution in [3.63, 3.8) is 0 Å². The van der Waals surface area contributed by atoms with Crippen molar-refractivity contribution in [1.82, 2.24) is 10.3 Å². The number of carbonyl (C=O) groups is 3. The highest BCUT2D eigenvalue weighted by atomic mass is 32.2. The van der Waals surface area contributed by atoms with E-state index in [0.717, 1.165) is 22.9 Å². The van der Waals surface area contributed by atoms with E-state index in [1.807, 2.05) is 32.0 Å². The summed E-state index contributed by atoms with van der Waals surface area (Å²) in [7, 11) is 0. The number of aryl methyl sites for hydroxylation is 3. The molecule has 2 N–H and O–H groups in total. The van der Waals surface area contributed by atoms with E-state index >= 15 is 0 Å². The molecule has 29 heavy (non-hydrogen) atoms. The third kappa shape index (κ3) is 5.65. The van der Waals surface area contributed by atoms with Crippen LogP contribution in [0.15, 0.2) is 29.3 Å². The Bertz CT molecular complexity index is 1030. The molecule has 0 radical (unpaired) electrons. The fourth-order valence-corrected chi connectivity index (χ4v) is 3.57. The van der Waals surface area contributed by atoms with Crippen molar-refractivity contribution in [2.24, 2.45) is 0 Å². The van der Waals surface area contributed by atoms with Crippen molar-refractivity contribution in [2.45, 2.75) is 44.9 Å². The van der Waals surface area contributed by atoms with Gasteiger partial charge in [-0.2, -0.15) is 5.26 Å². The number of pyridine rings is 1. The van der Waals surface area contributed by atoms with Crippen molar-refractivity contribution in [3.05, 3.63) is 52.2 Å². The molecule has 0 aliphatic heterocycles. The maximum atomic E-state index is 12.4. The van der Waals surface area contributed by atoms with Crippen molar-refractivity contribution in [3.8, 4) is 6.07 Å². The van der Waals surface area contributed by atoms with Gasteiger partial charge in [0.1, 0.15) is 11.1 Å². The summed E-state index contributed by atoms with van der Waals surface area (Å²) < 4.78 is 0. The van der Waals surface area contributed by atoms with Crippen LogP contribution in [0.1, 0.15) is 46.6 Å². The minimum atomic E-state index is -0.679. The predicted octanol–water partition coefficient (Wildman–Crippen LogP) is 3.91. The smallest absolute Gasteiger partial charge is 0.307 e. The SMILES string of the molecule is CC(=O)c1cc(C#N)c(SC(C)C(=O)NC(=O)Nc2ccc(C)cc2C)nc1C. The molecule has 0 saturated heterocycles. The minimum absolute atomic E-state index is 0.183. The number of thioether (sulfide) groups is 1. The number of ketones is 1. The van der Waals surface area contributed by atoms with Gasteiger partial charge in [0.2, 0.25) is 5.91 Å². The lowest BCUT2D eigenvalue weighted by molar-refractivity contribution is -0.119. The second-order valence-electron chi connectivity index (χ2n) is 6.66. The number of nitrogens with zero attached hydrogens (tertiary/aromatic N) is 2. The topological polar surface area (TPSA) is 112 Å². The van der Waals surface area contributed by atoms with E-state index in [1.165, 1.54) is 13.0 Å². The van der Waals surface area contributed by atoms with E-state index in [9.17, 15) is 19.6 Å². The molecule has 0 saturated carbocycles. The van der Waals surface area contributed by atoms with Crippen LogP contribution in [0.4, 0.5) is 10.5 Å². The first-order valence-corrected chi connectivity index (χ1v) is 9.78. The Kier molecular flexibility index (Phi) is 7.13. The van der Waals surface area contributed by atoms with Gasteiger partial charge in [-0.3, -0.25) is 14.9 Å². The standard InChI is InChI=1S/C21H22N4O3S/c1-11-6-7-18(12(2)8-11)24-21(28)25-19(27)15(5)29-20-16(10-22)9-17(14(4)26)13(3)23-20/h6-9,15H,1-5H3,(H2,24,25,27,28). The van der Waals surface area contributed by atoms with E-state index in [-0.39, 0.29) is 11.3 Å². The molecule has 1 aromatic heterocycles. The monoisotopic (exact) mass is 410 g/mol. The number of Topliss-reactive ketones (excluding diaryl/α,β-unsaturated/α-hetero) is 1. The summed E-state index contributed by atoms with van der Waals surface area (Å²) >= 11 is 1.05. The predicted molar refractivity (Wildman–Crippen MR) is 112 cm³/mol. The molecular formula is C21H22N4O3S. The molecule has 1 atom stereocenters. The third-order valence-electron chi connectivity index (χ3n) is 4.20. The van der Waals surface area contributed by atoms with Crippen LogP contribution in [-0.4, -0.2) is 28.0 Å². The van der Waals surface area contributed by atoms with Gasteiger partial charge in [-0.15, -0.1) is 0 Å². The van der Waals surface area contributed by atoms with Gasteiger partial charge in [0.25, 0.3) is 0 Å². The molecule has 0 fully saturated rings. The van der Waals surface area contributed by atoms with Gasteiger partial charge in [0.05, 0.1) is 10.8 Å². The number of rotatable bonds is 5. The van der Waals surface area contributed by atoms with Gasteiger partial charge in [0.15, 0.2) is 5.78 Å². The average Bonchev–Trinajstić information content (AvgIpc) is 2.63. The van der Waals surface area contributed by atoms with Crippen molar-refractivity contribution >= 4 is 35.2 Å². The Balaban J connectivity index is 2.07. The van der Waals surface area contributed by atoms with Crippen LogP contribution in [0.5, 0.6) is 0 Å². The molecule has 0 aliphatic carbocycles. The Morgan fingerprint density at radius 1 is 1.17 bits per heavy atom. The maximum Gasteiger partial charge on any atom is 0.325 e. The molecule has 0 aliphatic rings. The number of amides is 3. The highest BCUT2D eigenvalue weighted by molar-refractivity contribution is 8.00. The Morgan fingerprint density at radius 2 is 1.86 bits per heavy atom. The maximum absolute atomic E-state index is 12.4. The Morgan fingerprint density at radius 3 is 2.45 bits per heavy atom. The molecular weight excluding hydrogens is 388 g/mol. The number of hydrogen-bond acceptors (Lipinski definition) is 6. The van der Waals surface area contributed by atoms with Gasteiger partial charge in [0, 0.05) is 16.9 Å². The first kappa shape index (κ1) is 22.1. The van der Waals surface area contributed by atoms with Crippen LogP contribution < -0.4 is 10.6 Å². The van der Waals surface area contributed by atoms with Crippen LogP contribution in [-0.2, 0) is 4.79 Å². The van der Waals surface area contributed by atoms with Gasteiger partial charge in [-0.25, -0.2) is 9.78 Å². The quantitative estimate of drug-likeness (QED) is 0.571. The molecule has 2 rings (SSSR count). The van der Waals surface area contributed by atoms with Crippen molar-refractivity contribution < 1.29 is 14.4 Å². The van der Waals surface area contributed by atoms with Gasteiger partial charge >= 0.3 is 6.03 Å². The number of anilines is 1. The number of aromatic nitrogens is 1. The first-order chi connectivity index (χ1) is 13.6. The third-order valence-corrected chi connectivity index (χ3v) is 5.30. The van der Waals surface area contributed by atoms with Crippen molar-refractivity contribution in [2.75, 3.05) is 5.32 Å². The van der Waals surface area contributed by atoms with Gasteiger partial charge in [-0.05, 0) is 52.3 Å². The number of nitrogens with one attached hydrogen (secondary N) is 2. The fraction of sp³-hybridized carbons (Fsp3) is 0.286. The molecule has 1 unspecified atom stereocenters. The fourth-order valence-electron chi connectivity index (χ4n) is 2.65. The zero-order valence-electron chi connectivity index (χ0n) is 16.9. The highest BCUT2D eigenvalue weighted by Gasteiger charge is 2.21. The highest BCUT2D eigenvalue weighted by Crippen LogP contribution is 2.27. The molecule has 150 valence electrons. The summed E-state index contributed by atoms with van der Waals surface area (Å²) in [6, 6.07) is 8.41. The minimum Gasteiger partial charge on any atom is -0.307 e. The van der Waals surface area contributed by atoms with Crippen molar-refractivity contribution in [1.29, 1.82) is 5.26 Å². The molecule has 0 bridgehead atoms. The van der Waals surface area contributed by atoms with E-state index < -0.39 is 17.2 Å². The lowest BCUT2D eigenvalue weighted by Gasteiger charge is -2.14. The van der Waals surface area contributed by atoms with Crippen LogP contribution >= 0.6 is 11.8 Å². The summed E-state index contributed by atoms with van der Waals surface area (Å²) in [4.78, 5) is 40.5. The largest absolute Gasteiger partial charge is 0.325 e. The average molecular weight is 410 g/mol. The van der Waals surface area contributed by atoms with Crippen LogP contribution in [0.25, 0.3) is 0 Å². The number of nitriles is 1. The molecule has 3 amide bonds.